The van der Waals surface area contributed by atoms with E-state index in [2.05, 4.69) is 0 Å². The van der Waals surface area contributed by atoms with Crippen molar-refractivity contribution in [1.29, 1.82) is 0 Å². The van der Waals surface area contributed by atoms with Gasteiger partial charge in [0.15, 0.2) is 0 Å². The van der Waals surface area contributed by atoms with Crippen LogP contribution < -0.4 is 0 Å². The summed E-state index contributed by atoms with van der Waals surface area (Å²) in [6.07, 6.45) is 6.11. The van der Waals surface area contributed by atoms with Gasteiger partial charge in [-0.05, 0) is 18.8 Å². The summed E-state index contributed by atoms with van der Waals surface area (Å²) in [5.74, 6) is 0.960. The molecule has 0 aromatic rings. The molecule has 1 aliphatic carbocycles. The van der Waals surface area contributed by atoms with Crippen molar-refractivity contribution in [1.82, 2.24) is 4.90 Å². The molecule has 2 rings (SSSR count). The first kappa shape index (κ1) is 12.6. The lowest BCUT2D eigenvalue weighted by Gasteiger charge is -2.26. The molecule has 1 aliphatic heterocycles. The van der Waals surface area contributed by atoms with E-state index in [9.17, 15) is 9.59 Å². The van der Waals surface area contributed by atoms with E-state index in [1.165, 1.54) is 25.7 Å². The summed E-state index contributed by atoms with van der Waals surface area (Å²) in [7, 11) is 0. The standard InChI is InChI=1S/C13H21NO3/c15-12-5-7-14(8-6-12)13(16)10-17-9-11-3-1-2-4-11/h11H,1-10H2. The zero-order valence-corrected chi connectivity index (χ0v) is 10.3. The predicted octanol–water partition coefficient (Wildman–Crippen LogP) is 1.38. The first-order valence-corrected chi connectivity index (χ1v) is 6.63. The molecule has 0 unspecified atom stereocenters. The number of ether oxygens (including phenoxy) is 1. The second-order valence-corrected chi connectivity index (χ2v) is 5.09. The molecule has 96 valence electrons. The van der Waals surface area contributed by atoms with Crippen LogP contribution in [0.2, 0.25) is 0 Å². The average molecular weight is 239 g/mol. The van der Waals surface area contributed by atoms with Crippen LogP contribution >= 0.6 is 0 Å². The quantitative estimate of drug-likeness (QED) is 0.744. The highest BCUT2D eigenvalue weighted by Crippen LogP contribution is 2.24. The van der Waals surface area contributed by atoms with Crippen LogP contribution in [0.15, 0.2) is 0 Å². The van der Waals surface area contributed by atoms with Crippen molar-refractivity contribution in [2.45, 2.75) is 38.5 Å². The van der Waals surface area contributed by atoms with Crippen LogP contribution in [0.1, 0.15) is 38.5 Å². The maximum Gasteiger partial charge on any atom is 0.248 e. The molecule has 1 heterocycles. The smallest absolute Gasteiger partial charge is 0.248 e. The van der Waals surface area contributed by atoms with Gasteiger partial charge in [-0.15, -0.1) is 0 Å². The van der Waals surface area contributed by atoms with Gasteiger partial charge in [0.05, 0.1) is 6.61 Å². The van der Waals surface area contributed by atoms with Crippen LogP contribution in [0.3, 0.4) is 0 Å². The minimum atomic E-state index is 0.0375. The Balaban J connectivity index is 1.61. The Morgan fingerprint density at radius 3 is 2.53 bits per heavy atom. The predicted molar refractivity (Wildman–Crippen MR) is 63.6 cm³/mol. The maximum absolute atomic E-state index is 11.8. The van der Waals surface area contributed by atoms with E-state index in [1.54, 1.807) is 4.90 Å². The van der Waals surface area contributed by atoms with Crippen molar-refractivity contribution in [3.05, 3.63) is 0 Å². The van der Waals surface area contributed by atoms with Gasteiger partial charge in [0.25, 0.3) is 0 Å². The summed E-state index contributed by atoms with van der Waals surface area (Å²) in [5, 5.41) is 0. The number of amides is 1. The molecule has 4 heteroatoms. The third-order valence-electron chi connectivity index (χ3n) is 3.73. The molecule has 0 aromatic carbocycles. The Bertz CT molecular complexity index is 274. The normalized spacial score (nSPS) is 22.1. The lowest BCUT2D eigenvalue weighted by atomic mass is 10.1. The first-order chi connectivity index (χ1) is 8.25. The zero-order chi connectivity index (χ0) is 12.1. The van der Waals surface area contributed by atoms with E-state index in [-0.39, 0.29) is 18.3 Å². The highest BCUT2D eigenvalue weighted by Gasteiger charge is 2.21. The molecule has 2 aliphatic rings. The summed E-state index contributed by atoms with van der Waals surface area (Å²) in [5.41, 5.74) is 0. The zero-order valence-electron chi connectivity index (χ0n) is 10.3. The molecular weight excluding hydrogens is 218 g/mol. The van der Waals surface area contributed by atoms with Gasteiger partial charge in [0.2, 0.25) is 5.91 Å². The van der Waals surface area contributed by atoms with Gasteiger partial charge in [0.1, 0.15) is 12.4 Å². The van der Waals surface area contributed by atoms with E-state index in [0.717, 1.165) is 6.61 Å². The largest absolute Gasteiger partial charge is 0.371 e. The van der Waals surface area contributed by atoms with Crippen molar-refractivity contribution in [2.75, 3.05) is 26.3 Å². The number of likely N-dealkylation sites (tertiary alicyclic amines) is 1. The Hall–Kier alpha value is -0.900. The summed E-state index contributed by atoms with van der Waals surface area (Å²) in [4.78, 5) is 24.6. The molecule has 0 atom stereocenters. The fraction of sp³-hybridized carbons (Fsp3) is 0.846. The third kappa shape index (κ3) is 3.80. The van der Waals surface area contributed by atoms with Gasteiger partial charge in [0, 0.05) is 25.9 Å². The summed E-state index contributed by atoms with van der Waals surface area (Å²) < 4.78 is 5.48. The van der Waals surface area contributed by atoms with Crippen LogP contribution in [0, 0.1) is 5.92 Å². The van der Waals surface area contributed by atoms with Gasteiger partial charge in [-0.25, -0.2) is 0 Å². The van der Waals surface area contributed by atoms with Crippen molar-refractivity contribution in [3.63, 3.8) is 0 Å². The number of Topliss-reactive ketones (excluding diaryl/α,β-unsaturated/α-hetero) is 1. The molecule has 1 amide bonds. The topological polar surface area (TPSA) is 46.6 Å². The van der Waals surface area contributed by atoms with Crippen molar-refractivity contribution < 1.29 is 14.3 Å². The van der Waals surface area contributed by atoms with Crippen molar-refractivity contribution >= 4 is 11.7 Å². The van der Waals surface area contributed by atoms with E-state index >= 15 is 0 Å². The lowest BCUT2D eigenvalue weighted by molar-refractivity contribution is -0.139. The Labute approximate surface area is 102 Å². The number of hydrogen-bond acceptors (Lipinski definition) is 3. The van der Waals surface area contributed by atoms with Crippen molar-refractivity contribution in [2.24, 2.45) is 5.92 Å². The molecule has 0 aromatic heterocycles. The van der Waals surface area contributed by atoms with Crippen molar-refractivity contribution in [3.8, 4) is 0 Å². The first-order valence-electron chi connectivity index (χ1n) is 6.63. The second kappa shape index (κ2) is 6.15. The van der Waals surface area contributed by atoms with Crippen LogP contribution in [0.5, 0.6) is 0 Å². The SMILES string of the molecule is O=C1CCN(C(=O)COCC2CCCC2)CC1. The lowest BCUT2D eigenvalue weighted by Crippen LogP contribution is -2.40. The number of piperidine rings is 1. The highest BCUT2D eigenvalue weighted by molar-refractivity contribution is 5.83. The molecule has 0 radical (unpaired) electrons. The van der Waals surface area contributed by atoms with Crippen LogP contribution in [0.25, 0.3) is 0 Å². The molecule has 1 saturated carbocycles. The fourth-order valence-corrected chi connectivity index (χ4v) is 2.59. The van der Waals surface area contributed by atoms with E-state index in [0.29, 0.717) is 31.8 Å². The molecule has 2 fully saturated rings. The van der Waals surface area contributed by atoms with Crippen LogP contribution in [0.4, 0.5) is 0 Å². The average Bonchev–Trinajstić information content (AvgIpc) is 2.83. The maximum atomic E-state index is 11.8. The molecule has 0 bridgehead atoms. The Morgan fingerprint density at radius 2 is 1.88 bits per heavy atom. The van der Waals surface area contributed by atoms with Gasteiger partial charge >= 0.3 is 0 Å². The monoisotopic (exact) mass is 239 g/mol. The fourth-order valence-electron chi connectivity index (χ4n) is 2.59. The number of carbonyl (C=O) groups excluding carboxylic acids is 2. The number of hydrogen-bond donors (Lipinski definition) is 0. The van der Waals surface area contributed by atoms with E-state index in [4.69, 9.17) is 4.74 Å². The van der Waals surface area contributed by atoms with E-state index < -0.39 is 0 Å². The minimum Gasteiger partial charge on any atom is -0.371 e. The Morgan fingerprint density at radius 1 is 1.24 bits per heavy atom. The molecule has 0 N–H and O–H groups in total. The van der Waals surface area contributed by atoms with Gasteiger partial charge in [-0.1, -0.05) is 12.8 Å². The molecule has 1 saturated heterocycles. The molecule has 0 spiro atoms. The third-order valence-corrected chi connectivity index (χ3v) is 3.73. The molecule has 17 heavy (non-hydrogen) atoms. The highest BCUT2D eigenvalue weighted by atomic mass is 16.5. The van der Waals surface area contributed by atoms with E-state index in [1.807, 2.05) is 0 Å². The number of carbonyl (C=O) groups is 2. The number of ketones is 1. The van der Waals surface area contributed by atoms with Gasteiger partial charge in [-0.3, -0.25) is 9.59 Å². The number of rotatable bonds is 4. The second-order valence-electron chi connectivity index (χ2n) is 5.09. The van der Waals surface area contributed by atoms with Crippen LogP contribution in [-0.4, -0.2) is 42.9 Å². The minimum absolute atomic E-state index is 0.0375. The summed E-state index contributed by atoms with van der Waals surface area (Å²) in [6.45, 7) is 2.05. The van der Waals surface area contributed by atoms with Crippen LogP contribution in [-0.2, 0) is 14.3 Å². The number of nitrogens with zero attached hydrogens (tertiary/aromatic N) is 1. The summed E-state index contributed by atoms with van der Waals surface area (Å²) >= 11 is 0. The molecule has 4 nitrogen and oxygen atoms in total. The van der Waals surface area contributed by atoms with Gasteiger partial charge < -0.3 is 9.64 Å². The van der Waals surface area contributed by atoms with Gasteiger partial charge in [-0.2, -0.15) is 0 Å². The Kier molecular flexibility index (Phi) is 4.54. The summed E-state index contributed by atoms with van der Waals surface area (Å²) in [6, 6.07) is 0. The molecular formula is C13H21NO3.